The van der Waals surface area contributed by atoms with Crippen LogP contribution in [0.25, 0.3) is 0 Å². The van der Waals surface area contributed by atoms with Crippen molar-refractivity contribution in [2.75, 3.05) is 11.6 Å². The lowest BCUT2D eigenvalue weighted by Gasteiger charge is -2.10. The predicted molar refractivity (Wildman–Crippen MR) is 59.3 cm³/mol. The van der Waals surface area contributed by atoms with Gasteiger partial charge in [-0.3, -0.25) is 10.1 Å². The second-order valence-electron chi connectivity index (χ2n) is 3.44. The molecule has 1 aliphatic rings. The first-order chi connectivity index (χ1) is 7.27. The van der Waals surface area contributed by atoms with Gasteiger partial charge in [0.05, 0.1) is 12.6 Å². The van der Waals surface area contributed by atoms with Gasteiger partial charge >= 0.3 is 0 Å². The second-order valence-corrected chi connectivity index (χ2v) is 4.47. The van der Waals surface area contributed by atoms with E-state index in [-0.39, 0.29) is 11.9 Å². The fraction of sp³-hybridized carbons (Fsp3) is 0.556. The van der Waals surface area contributed by atoms with Crippen LogP contribution in [0.15, 0.2) is 12.4 Å². The van der Waals surface area contributed by atoms with Crippen molar-refractivity contribution in [1.82, 2.24) is 20.2 Å². The molecule has 15 heavy (non-hydrogen) atoms. The quantitative estimate of drug-likeness (QED) is 0.743. The second kappa shape index (κ2) is 4.67. The molecule has 1 aromatic rings. The highest BCUT2D eigenvalue weighted by atomic mass is 32.2. The first-order valence-electron chi connectivity index (χ1n) is 4.82. The summed E-state index contributed by atoms with van der Waals surface area (Å²) in [5.74, 6) is 2.64. The van der Waals surface area contributed by atoms with E-state index in [0.29, 0.717) is 6.54 Å². The molecule has 2 N–H and O–H groups in total. The molecule has 0 aliphatic carbocycles. The lowest BCUT2D eigenvalue weighted by atomic mass is 10.3. The minimum atomic E-state index is -0.0460. The van der Waals surface area contributed by atoms with E-state index >= 15 is 0 Å². The zero-order valence-electron chi connectivity index (χ0n) is 8.56. The van der Waals surface area contributed by atoms with Gasteiger partial charge in [0.15, 0.2) is 0 Å². The summed E-state index contributed by atoms with van der Waals surface area (Å²) in [5, 5.41) is 5.99. The van der Waals surface area contributed by atoms with Crippen molar-refractivity contribution in [2.45, 2.75) is 12.6 Å². The van der Waals surface area contributed by atoms with E-state index in [4.69, 9.17) is 0 Å². The van der Waals surface area contributed by atoms with Crippen molar-refractivity contribution in [3.8, 4) is 0 Å². The average Bonchev–Trinajstić information content (AvgIpc) is 2.85. The zero-order chi connectivity index (χ0) is 10.7. The fourth-order valence-electron chi connectivity index (χ4n) is 1.42. The highest BCUT2D eigenvalue weighted by molar-refractivity contribution is 7.99. The van der Waals surface area contributed by atoms with Gasteiger partial charge in [0, 0.05) is 31.1 Å². The van der Waals surface area contributed by atoms with Crippen LogP contribution in [0.5, 0.6) is 0 Å². The Morgan fingerprint density at radius 2 is 2.73 bits per heavy atom. The van der Waals surface area contributed by atoms with Crippen molar-refractivity contribution < 1.29 is 4.79 Å². The normalized spacial score (nSPS) is 20.5. The summed E-state index contributed by atoms with van der Waals surface area (Å²) in [4.78, 5) is 15.8. The van der Waals surface area contributed by atoms with Crippen molar-refractivity contribution in [3.05, 3.63) is 18.2 Å². The number of aryl methyl sites for hydroxylation is 1. The minimum absolute atomic E-state index is 0.0460. The van der Waals surface area contributed by atoms with Crippen molar-refractivity contribution >= 4 is 17.7 Å². The Morgan fingerprint density at radius 1 is 1.87 bits per heavy atom. The van der Waals surface area contributed by atoms with Crippen LogP contribution < -0.4 is 10.6 Å². The number of hydrogen-bond donors (Lipinski definition) is 2. The summed E-state index contributed by atoms with van der Waals surface area (Å²) >= 11 is 1.74. The number of hydrogen-bond acceptors (Lipinski definition) is 4. The van der Waals surface area contributed by atoms with E-state index in [1.807, 2.05) is 17.8 Å². The molecule has 0 aromatic carbocycles. The Bertz CT molecular complexity index is 346. The van der Waals surface area contributed by atoms with Gasteiger partial charge in [-0.05, 0) is 0 Å². The number of rotatable bonds is 3. The van der Waals surface area contributed by atoms with Gasteiger partial charge in [-0.2, -0.15) is 0 Å². The third-order valence-corrected chi connectivity index (χ3v) is 3.31. The monoisotopic (exact) mass is 226 g/mol. The average molecular weight is 226 g/mol. The predicted octanol–water partition coefficient (Wildman–Crippen LogP) is -0.301. The van der Waals surface area contributed by atoms with E-state index in [1.165, 1.54) is 0 Å². The van der Waals surface area contributed by atoms with Crippen LogP contribution in [0, 0.1) is 0 Å². The summed E-state index contributed by atoms with van der Waals surface area (Å²) in [5.41, 5.74) is 0. The summed E-state index contributed by atoms with van der Waals surface area (Å²) in [6, 6.07) is -0.0460. The van der Waals surface area contributed by atoms with Crippen molar-refractivity contribution in [2.24, 2.45) is 7.05 Å². The Balaban J connectivity index is 1.83. The highest BCUT2D eigenvalue weighted by Crippen LogP contribution is 2.09. The molecule has 0 spiro atoms. The molecule has 2 rings (SSSR count). The molecule has 0 saturated carbocycles. The van der Waals surface area contributed by atoms with Crippen LogP contribution in [-0.2, 0) is 18.4 Å². The molecular weight excluding hydrogens is 212 g/mol. The minimum Gasteiger partial charge on any atom is -0.347 e. The number of carbonyl (C=O) groups excluding carboxylic acids is 1. The highest BCUT2D eigenvalue weighted by Gasteiger charge is 2.22. The topological polar surface area (TPSA) is 59.0 Å². The lowest BCUT2D eigenvalue weighted by Crippen LogP contribution is -2.41. The van der Waals surface area contributed by atoms with Gasteiger partial charge in [0.25, 0.3) is 0 Å². The molecule has 82 valence electrons. The van der Waals surface area contributed by atoms with Gasteiger partial charge in [0.2, 0.25) is 5.91 Å². The first-order valence-corrected chi connectivity index (χ1v) is 5.98. The van der Waals surface area contributed by atoms with E-state index in [2.05, 4.69) is 15.6 Å². The Labute approximate surface area is 92.6 Å². The number of carbonyl (C=O) groups is 1. The maximum atomic E-state index is 11.6. The number of nitrogens with one attached hydrogen (secondary N) is 2. The summed E-state index contributed by atoms with van der Waals surface area (Å²) < 4.78 is 1.90. The van der Waals surface area contributed by atoms with Gasteiger partial charge < -0.3 is 9.88 Å². The maximum Gasteiger partial charge on any atom is 0.238 e. The van der Waals surface area contributed by atoms with Gasteiger partial charge in [0.1, 0.15) is 5.82 Å². The largest absolute Gasteiger partial charge is 0.347 e. The number of aromatic nitrogens is 2. The van der Waals surface area contributed by atoms with Crippen LogP contribution in [0.3, 0.4) is 0 Å². The van der Waals surface area contributed by atoms with Crippen LogP contribution >= 0.6 is 11.8 Å². The zero-order valence-corrected chi connectivity index (χ0v) is 9.38. The van der Waals surface area contributed by atoms with Crippen LogP contribution in [0.4, 0.5) is 0 Å². The molecule has 1 saturated heterocycles. The third-order valence-electron chi connectivity index (χ3n) is 2.37. The van der Waals surface area contributed by atoms with Crippen molar-refractivity contribution in [3.63, 3.8) is 0 Å². The number of amides is 1. The van der Waals surface area contributed by atoms with Gasteiger partial charge in [-0.1, -0.05) is 0 Å². The molecule has 1 aromatic heterocycles. The van der Waals surface area contributed by atoms with E-state index in [1.54, 1.807) is 18.0 Å². The molecule has 1 amide bonds. The molecule has 0 bridgehead atoms. The summed E-state index contributed by atoms with van der Waals surface area (Å²) in [7, 11) is 1.91. The summed E-state index contributed by atoms with van der Waals surface area (Å²) in [6.45, 7) is 0.491. The maximum absolute atomic E-state index is 11.6. The van der Waals surface area contributed by atoms with Crippen LogP contribution in [-0.4, -0.2) is 33.1 Å². The Hall–Kier alpha value is -1.01. The lowest BCUT2D eigenvalue weighted by molar-refractivity contribution is -0.122. The first kappa shape index (κ1) is 10.5. The molecule has 0 radical (unpaired) electrons. The molecule has 1 atom stereocenters. The molecule has 2 heterocycles. The van der Waals surface area contributed by atoms with Gasteiger partial charge in [-0.15, -0.1) is 11.8 Å². The Morgan fingerprint density at radius 3 is 3.33 bits per heavy atom. The molecular formula is C9H14N4OS. The fourth-order valence-corrected chi connectivity index (χ4v) is 2.36. The number of imidazole rings is 1. The number of nitrogens with zero attached hydrogens (tertiary/aromatic N) is 2. The smallest absolute Gasteiger partial charge is 0.238 e. The summed E-state index contributed by atoms with van der Waals surface area (Å²) in [6.07, 6.45) is 3.59. The van der Waals surface area contributed by atoms with Crippen molar-refractivity contribution in [1.29, 1.82) is 0 Å². The molecule has 1 unspecified atom stereocenters. The molecule has 1 aliphatic heterocycles. The molecule has 5 nitrogen and oxygen atoms in total. The molecule has 6 heteroatoms. The Kier molecular flexibility index (Phi) is 3.27. The molecule has 1 fully saturated rings. The van der Waals surface area contributed by atoms with E-state index < -0.39 is 0 Å². The SMILES string of the molecule is Cn1ccnc1CNC(=O)C1CSCN1. The van der Waals surface area contributed by atoms with E-state index in [0.717, 1.165) is 17.5 Å². The van der Waals surface area contributed by atoms with Crippen LogP contribution in [0.2, 0.25) is 0 Å². The van der Waals surface area contributed by atoms with Gasteiger partial charge in [-0.25, -0.2) is 4.98 Å². The standard InChI is InChI=1S/C9H14N4OS/c1-13-3-2-10-8(13)4-11-9(14)7-5-15-6-12-7/h2-3,7,12H,4-6H2,1H3,(H,11,14). The van der Waals surface area contributed by atoms with E-state index in [9.17, 15) is 4.79 Å². The third kappa shape index (κ3) is 2.51. The number of thioether (sulfide) groups is 1. The van der Waals surface area contributed by atoms with Crippen LogP contribution in [0.1, 0.15) is 5.82 Å².